The summed E-state index contributed by atoms with van der Waals surface area (Å²) < 4.78 is 5.40. The van der Waals surface area contributed by atoms with E-state index in [1.165, 1.54) is 0 Å². The maximum atomic E-state index is 8.82. The number of ether oxygens (including phenoxy) is 1. The molecule has 0 aromatic heterocycles. The van der Waals surface area contributed by atoms with Crippen LogP contribution < -0.4 is 5.73 Å². The number of nitriles is 1. The Hall–Kier alpha value is -0.630. The van der Waals surface area contributed by atoms with Gasteiger partial charge in [-0.1, -0.05) is 6.92 Å². The highest BCUT2D eigenvalue weighted by atomic mass is 16.5. The average molecular weight is 225 g/mol. The van der Waals surface area contributed by atoms with Crippen molar-refractivity contribution < 1.29 is 4.74 Å². The molecule has 0 aromatic carbocycles. The predicted octanol–water partition coefficient (Wildman–Crippen LogP) is 1.12. The molecule has 1 saturated heterocycles. The monoisotopic (exact) mass is 225 g/mol. The molecule has 0 bridgehead atoms. The van der Waals surface area contributed by atoms with Crippen molar-refractivity contribution in [3.05, 3.63) is 0 Å². The second-order valence-electron chi connectivity index (χ2n) is 4.43. The molecule has 0 radical (unpaired) electrons. The third-order valence-electron chi connectivity index (χ3n) is 3.59. The van der Waals surface area contributed by atoms with E-state index in [0.29, 0.717) is 31.2 Å². The zero-order valence-corrected chi connectivity index (χ0v) is 10.4. The number of nitrogens with two attached hydrogens (primary N) is 1. The lowest BCUT2D eigenvalue weighted by molar-refractivity contribution is -0.00412. The maximum absolute atomic E-state index is 8.82. The van der Waals surface area contributed by atoms with E-state index in [2.05, 4.69) is 17.9 Å². The van der Waals surface area contributed by atoms with Gasteiger partial charge in [-0.25, -0.2) is 0 Å². The van der Waals surface area contributed by atoms with Crippen molar-refractivity contribution in [1.82, 2.24) is 4.90 Å². The Morgan fingerprint density at radius 3 is 2.88 bits per heavy atom. The SMILES string of the molecule is CCC(CC#N)N1CCC(OC)CC1CN. The van der Waals surface area contributed by atoms with Gasteiger partial charge < -0.3 is 10.5 Å². The van der Waals surface area contributed by atoms with E-state index in [9.17, 15) is 0 Å². The zero-order valence-electron chi connectivity index (χ0n) is 10.4. The van der Waals surface area contributed by atoms with Gasteiger partial charge in [0.25, 0.3) is 0 Å². The molecule has 92 valence electrons. The lowest BCUT2D eigenvalue weighted by Gasteiger charge is -2.42. The van der Waals surface area contributed by atoms with Crippen molar-refractivity contribution >= 4 is 0 Å². The van der Waals surface area contributed by atoms with Gasteiger partial charge in [-0.2, -0.15) is 5.26 Å². The Kier molecular flexibility index (Phi) is 5.75. The van der Waals surface area contributed by atoms with Gasteiger partial charge in [0.05, 0.1) is 18.6 Å². The second-order valence-corrected chi connectivity index (χ2v) is 4.43. The van der Waals surface area contributed by atoms with Crippen molar-refractivity contribution in [1.29, 1.82) is 5.26 Å². The van der Waals surface area contributed by atoms with Crippen molar-refractivity contribution in [2.75, 3.05) is 20.2 Å². The Bertz CT molecular complexity index is 239. The standard InChI is InChI=1S/C12H23N3O/c1-3-10(4-6-13)15-7-5-12(16-2)8-11(15)9-14/h10-12H,3-5,7-9,14H2,1-2H3. The van der Waals surface area contributed by atoms with Crippen molar-refractivity contribution in [2.45, 2.75) is 50.8 Å². The van der Waals surface area contributed by atoms with Gasteiger partial charge in [0.1, 0.15) is 0 Å². The minimum absolute atomic E-state index is 0.337. The number of hydrogen-bond donors (Lipinski definition) is 1. The maximum Gasteiger partial charge on any atom is 0.0638 e. The first-order valence-corrected chi connectivity index (χ1v) is 6.12. The van der Waals surface area contributed by atoms with E-state index in [4.69, 9.17) is 15.7 Å². The normalized spacial score (nSPS) is 28.6. The molecule has 1 heterocycles. The summed E-state index contributed by atoms with van der Waals surface area (Å²) in [6.07, 6.45) is 4.00. The lowest BCUT2D eigenvalue weighted by atomic mass is 9.95. The van der Waals surface area contributed by atoms with Crippen LogP contribution in [0.15, 0.2) is 0 Å². The van der Waals surface area contributed by atoms with Gasteiger partial charge in [-0.3, -0.25) is 4.90 Å². The summed E-state index contributed by atoms with van der Waals surface area (Å²) in [6, 6.07) is 3.00. The molecule has 0 saturated carbocycles. The Balaban J connectivity index is 2.61. The summed E-state index contributed by atoms with van der Waals surface area (Å²) in [5.74, 6) is 0. The molecule has 1 fully saturated rings. The van der Waals surface area contributed by atoms with Crippen LogP contribution in [0.3, 0.4) is 0 Å². The van der Waals surface area contributed by atoms with Crippen LogP contribution in [0.2, 0.25) is 0 Å². The summed E-state index contributed by atoms with van der Waals surface area (Å²) in [5, 5.41) is 8.82. The molecule has 0 spiro atoms. The molecule has 3 unspecified atom stereocenters. The van der Waals surface area contributed by atoms with E-state index < -0.39 is 0 Å². The van der Waals surface area contributed by atoms with Gasteiger partial charge >= 0.3 is 0 Å². The Morgan fingerprint density at radius 2 is 2.38 bits per heavy atom. The number of rotatable bonds is 5. The highest BCUT2D eigenvalue weighted by Crippen LogP contribution is 2.23. The summed E-state index contributed by atoms with van der Waals surface area (Å²) in [6.45, 7) is 3.79. The summed E-state index contributed by atoms with van der Waals surface area (Å²) in [5.41, 5.74) is 5.82. The molecule has 2 N–H and O–H groups in total. The van der Waals surface area contributed by atoms with Crippen LogP contribution in [0.5, 0.6) is 0 Å². The average Bonchev–Trinajstić information content (AvgIpc) is 2.35. The van der Waals surface area contributed by atoms with Gasteiger partial charge in [0.15, 0.2) is 0 Å². The summed E-state index contributed by atoms with van der Waals surface area (Å²) >= 11 is 0. The fraction of sp³-hybridized carbons (Fsp3) is 0.917. The van der Waals surface area contributed by atoms with Crippen LogP contribution >= 0.6 is 0 Å². The molecule has 1 aliphatic rings. The first kappa shape index (κ1) is 13.4. The highest BCUT2D eigenvalue weighted by molar-refractivity contribution is 4.90. The number of methoxy groups -OCH3 is 1. The molecule has 4 heteroatoms. The molecule has 0 amide bonds. The molecular formula is C12H23N3O. The predicted molar refractivity (Wildman–Crippen MR) is 63.9 cm³/mol. The zero-order chi connectivity index (χ0) is 12.0. The Morgan fingerprint density at radius 1 is 1.62 bits per heavy atom. The van der Waals surface area contributed by atoms with E-state index >= 15 is 0 Å². The van der Waals surface area contributed by atoms with Crippen molar-refractivity contribution in [3.8, 4) is 6.07 Å². The van der Waals surface area contributed by atoms with Crippen LogP contribution in [0.4, 0.5) is 0 Å². The van der Waals surface area contributed by atoms with Crippen molar-refractivity contribution in [3.63, 3.8) is 0 Å². The highest BCUT2D eigenvalue weighted by Gasteiger charge is 2.31. The first-order chi connectivity index (χ1) is 7.76. The molecule has 16 heavy (non-hydrogen) atoms. The van der Waals surface area contributed by atoms with Crippen LogP contribution in [0.1, 0.15) is 32.6 Å². The van der Waals surface area contributed by atoms with Crippen LogP contribution in [0.25, 0.3) is 0 Å². The van der Waals surface area contributed by atoms with Gasteiger partial charge in [0, 0.05) is 32.3 Å². The molecule has 4 nitrogen and oxygen atoms in total. The summed E-state index contributed by atoms with van der Waals surface area (Å²) in [7, 11) is 1.76. The smallest absolute Gasteiger partial charge is 0.0638 e. The van der Waals surface area contributed by atoms with E-state index in [1.54, 1.807) is 7.11 Å². The Labute approximate surface area is 98.4 Å². The van der Waals surface area contributed by atoms with E-state index in [0.717, 1.165) is 25.8 Å². The molecular weight excluding hydrogens is 202 g/mol. The second kappa shape index (κ2) is 6.85. The number of piperidine rings is 1. The minimum atomic E-state index is 0.337. The molecule has 0 aliphatic carbocycles. The molecule has 1 rings (SSSR count). The summed E-state index contributed by atoms with van der Waals surface area (Å²) in [4.78, 5) is 2.40. The largest absolute Gasteiger partial charge is 0.381 e. The third kappa shape index (κ3) is 3.18. The molecule has 0 aromatic rings. The van der Waals surface area contributed by atoms with Gasteiger partial charge in [-0.05, 0) is 19.3 Å². The topological polar surface area (TPSA) is 62.3 Å². The van der Waals surface area contributed by atoms with Crippen LogP contribution in [-0.2, 0) is 4.74 Å². The van der Waals surface area contributed by atoms with Crippen molar-refractivity contribution in [2.24, 2.45) is 5.73 Å². The first-order valence-electron chi connectivity index (χ1n) is 6.12. The number of hydrogen-bond acceptors (Lipinski definition) is 4. The van der Waals surface area contributed by atoms with Crippen LogP contribution in [0, 0.1) is 11.3 Å². The van der Waals surface area contributed by atoms with E-state index in [1.807, 2.05) is 0 Å². The van der Waals surface area contributed by atoms with E-state index in [-0.39, 0.29) is 0 Å². The number of nitrogens with zero attached hydrogens (tertiary/aromatic N) is 2. The number of likely N-dealkylation sites (tertiary alicyclic amines) is 1. The molecule has 3 atom stereocenters. The minimum Gasteiger partial charge on any atom is -0.381 e. The van der Waals surface area contributed by atoms with Crippen LogP contribution in [-0.4, -0.2) is 43.3 Å². The fourth-order valence-corrected chi connectivity index (χ4v) is 2.56. The third-order valence-corrected chi connectivity index (χ3v) is 3.59. The van der Waals surface area contributed by atoms with Gasteiger partial charge in [-0.15, -0.1) is 0 Å². The molecule has 1 aliphatic heterocycles. The van der Waals surface area contributed by atoms with Gasteiger partial charge in [0.2, 0.25) is 0 Å². The quantitative estimate of drug-likeness (QED) is 0.761. The fourth-order valence-electron chi connectivity index (χ4n) is 2.56. The lowest BCUT2D eigenvalue weighted by Crippen LogP contribution is -2.52.